The topological polar surface area (TPSA) is 58.2 Å². The van der Waals surface area contributed by atoms with Crippen molar-refractivity contribution >= 4 is 51.8 Å². The number of nitrogens with one attached hydrogen (secondary N) is 2. The van der Waals surface area contributed by atoms with Crippen molar-refractivity contribution < 1.29 is 9.59 Å². The molecule has 168 valence electrons. The molecular weight excluding hydrogens is 439 g/mol. The van der Waals surface area contributed by atoms with Crippen molar-refractivity contribution in [2.45, 2.75) is 90.0 Å². The molecule has 0 bridgehead atoms. The number of hydrogen-bond acceptors (Lipinski definition) is 3. The molecule has 30 heavy (non-hydrogen) atoms. The summed E-state index contributed by atoms with van der Waals surface area (Å²) in [5.41, 5.74) is -0.172. The fourth-order valence-corrected chi connectivity index (χ4v) is 5.13. The van der Waals surface area contributed by atoms with Gasteiger partial charge in [0.1, 0.15) is 0 Å². The van der Waals surface area contributed by atoms with E-state index in [0.29, 0.717) is 26.5 Å². The first-order valence-electron chi connectivity index (χ1n) is 10.7. The molecule has 1 aromatic carbocycles. The van der Waals surface area contributed by atoms with Crippen molar-refractivity contribution in [1.82, 2.24) is 5.32 Å². The molecule has 0 aromatic heterocycles. The fraction of sp³-hybridized carbons (Fsp3) is 0.652. The number of amides is 2. The van der Waals surface area contributed by atoms with E-state index in [-0.39, 0.29) is 22.1 Å². The van der Waals surface area contributed by atoms with Crippen molar-refractivity contribution in [2.24, 2.45) is 11.3 Å². The monoisotopic (exact) mass is 472 g/mol. The van der Waals surface area contributed by atoms with Gasteiger partial charge in [-0.05, 0) is 76.3 Å². The second-order valence-corrected chi connectivity index (χ2v) is 11.6. The van der Waals surface area contributed by atoms with Gasteiger partial charge in [-0.15, -0.1) is 0 Å². The molecule has 0 unspecified atom stereocenters. The van der Waals surface area contributed by atoms with Gasteiger partial charge in [0.15, 0.2) is 0 Å². The molecule has 1 aromatic rings. The van der Waals surface area contributed by atoms with Crippen LogP contribution in [0.25, 0.3) is 0 Å². The van der Waals surface area contributed by atoms with Crippen molar-refractivity contribution in [3.05, 3.63) is 22.2 Å². The highest BCUT2D eigenvalue weighted by Crippen LogP contribution is 2.43. The van der Waals surface area contributed by atoms with Crippen LogP contribution in [0.3, 0.4) is 0 Å². The summed E-state index contributed by atoms with van der Waals surface area (Å²) in [5.74, 6) is 0.577. The molecule has 7 heteroatoms. The molecule has 0 aliphatic heterocycles. The summed E-state index contributed by atoms with van der Waals surface area (Å²) in [5, 5.41) is 6.52. The highest BCUT2D eigenvalue weighted by Gasteiger charge is 2.39. The molecule has 0 atom stereocenters. The van der Waals surface area contributed by atoms with E-state index < -0.39 is 0 Å². The summed E-state index contributed by atoms with van der Waals surface area (Å²) >= 11 is 13.5. The first kappa shape index (κ1) is 25.4. The van der Waals surface area contributed by atoms with E-state index in [2.05, 4.69) is 24.5 Å². The lowest BCUT2D eigenvalue weighted by molar-refractivity contribution is -0.128. The molecule has 1 fully saturated rings. The number of thioether (sulfide) groups is 1. The van der Waals surface area contributed by atoms with Gasteiger partial charge in [-0.1, -0.05) is 56.3 Å². The third-order valence-corrected chi connectivity index (χ3v) is 7.01. The molecule has 2 rings (SSSR count). The maximum Gasteiger partial charge on any atom is 0.284 e. The maximum absolute atomic E-state index is 13.5. The van der Waals surface area contributed by atoms with E-state index in [0.717, 1.165) is 50.3 Å². The highest BCUT2D eigenvalue weighted by molar-refractivity contribution is 8.13. The highest BCUT2D eigenvalue weighted by atomic mass is 35.5. The molecule has 4 nitrogen and oxygen atoms in total. The van der Waals surface area contributed by atoms with Crippen LogP contribution in [-0.2, 0) is 4.79 Å². The van der Waals surface area contributed by atoms with Crippen LogP contribution in [-0.4, -0.2) is 16.7 Å². The molecule has 2 N–H and O–H groups in total. The average molecular weight is 474 g/mol. The molecule has 1 aliphatic carbocycles. The molecule has 2 amide bonds. The van der Waals surface area contributed by atoms with Gasteiger partial charge in [0.2, 0.25) is 5.91 Å². The summed E-state index contributed by atoms with van der Waals surface area (Å²) in [6.07, 6.45) is 7.03. The van der Waals surface area contributed by atoms with Crippen LogP contribution in [0.5, 0.6) is 0 Å². The molecule has 0 spiro atoms. The van der Waals surface area contributed by atoms with Crippen LogP contribution < -0.4 is 10.6 Å². The van der Waals surface area contributed by atoms with Gasteiger partial charge < -0.3 is 10.6 Å². The van der Waals surface area contributed by atoms with Gasteiger partial charge in [-0.25, -0.2) is 0 Å². The smallest absolute Gasteiger partial charge is 0.284 e. The minimum Gasteiger partial charge on any atom is -0.342 e. The Morgan fingerprint density at radius 1 is 1.10 bits per heavy atom. The number of rotatable bonds is 6. The van der Waals surface area contributed by atoms with Gasteiger partial charge in [0.05, 0.1) is 15.7 Å². The Kier molecular flexibility index (Phi) is 8.96. The predicted octanol–water partition coefficient (Wildman–Crippen LogP) is 7.92. The number of carbonyl (C=O) groups excluding carboxylic acids is 2. The zero-order valence-electron chi connectivity index (χ0n) is 18.7. The van der Waals surface area contributed by atoms with Crippen LogP contribution >= 0.6 is 35.0 Å². The Morgan fingerprint density at radius 3 is 2.27 bits per heavy atom. The van der Waals surface area contributed by atoms with Gasteiger partial charge in [-0.3, -0.25) is 9.59 Å². The lowest BCUT2D eigenvalue weighted by atomic mass is 9.69. The van der Waals surface area contributed by atoms with E-state index in [9.17, 15) is 9.59 Å². The molecule has 0 radical (unpaired) electrons. The Bertz CT molecular complexity index is 769. The fourth-order valence-electron chi connectivity index (χ4n) is 3.78. The number of hydrogen-bond donors (Lipinski definition) is 2. The maximum atomic E-state index is 13.5. The standard InChI is InChI=1S/C23H34Cl2N2O2S/c1-15(2)9-12-23(10-7-6-8-11-23)20(28)26-18-13-16(24)17(25)14-19(18)30-21(29)27-22(3,4)5/h13-15H,6-12H2,1-5H3,(H,26,28)(H,27,29). The third kappa shape index (κ3) is 7.35. The second kappa shape index (κ2) is 10.6. The Morgan fingerprint density at radius 2 is 1.70 bits per heavy atom. The lowest BCUT2D eigenvalue weighted by Gasteiger charge is -2.36. The number of carbonyl (C=O) groups is 2. The average Bonchev–Trinajstić information content (AvgIpc) is 2.63. The second-order valence-electron chi connectivity index (χ2n) is 9.75. The van der Waals surface area contributed by atoms with E-state index >= 15 is 0 Å². The summed E-state index contributed by atoms with van der Waals surface area (Å²) in [6.45, 7) is 10.1. The summed E-state index contributed by atoms with van der Waals surface area (Å²) in [6, 6.07) is 3.29. The molecule has 1 aliphatic rings. The van der Waals surface area contributed by atoms with Crippen molar-refractivity contribution in [3.63, 3.8) is 0 Å². The zero-order valence-corrected chi connectivity index (χ0v) is 21.0. The Balaban J connectivity index is 2.27. The van der Waals surface area contributed by atoms with Crippen molar-refractivity contribution in [3.8, 4) is 0 Å². The third-order valence-electron chi connectivity index (χ3n) is 5.44. The van der Waals surface area contributed by atoms with Crippen LogP contribution in [0.2, 0.25) is 10.0 Å². The largest absolute Gasteiger partial charge is 0.342 e. The minimum atomic E-state index is -0.357. The molecule has 1 saturated carbocycles. The van der Waals surface area contributed by atoms with Gasteiger partial charge in [0, 0.05) is 15.8 Å². The summed E-state index contributed by atoms with van der Waals surface area (Å²) < 4.78 is 0. The van der Waals surface area contributed by atoms with E-state index in [4.69, 9.17) is 23.2 Å². The van der Waals surface area contributed by atoms with E-state index in [1.165, 1.54) is 6.42 Å². The normalized spacial score (nSPS) is 16.4. The Hall–Kier alpha value is -0.910. The zero-order chi connectivity index (χ0) is 22.5. The van der Waals surface area contributed by atoms with Gasteiger partial charge in [-0.2, -0.15) is 0 Å². The predicted molar refractivity (Wildman–Crippen MR) is 129 cm³/mol. The number of benzene rings is 1. The SMILES string of the molecule is CC(C)CCC1(C(=O)Nc2cc(Cl)c(Cl)cc2SC(=O)NC(C)(C)C)CCCCC1. The number of halogens is 2. The van der Waals surface area contributed by atoms with Crippen LogP contribution in [0.1, 0.15) is 79.6 Å². The van der Waals surface area contributed by atoms with Crippen LogP contribution in [0.15, 0.2) is 17.0 Å². The van der Waals surface area contributed by atoms with E-state index in [1.807, 2.05) is 20.8 Å². The molecule has 0 saturated heterocycles. The van der Waals surface area contributed by atoms with Gasteiger partial charge in [0.25, 0.3) is 5.24 Å². The van der Waals surface area contributed by atoms with E-state index in [1.54, 1.807) is 12.1 Å². The quantitative estimate of drug-likeness (QED) is 0.413. The molecule has 0 heterocycles. The first-order valence-corrected chi connectivity index (χ1v) is 12.3. The lowest BCUT2D eigenvalue weighted by Crippen LogP contribution is -2.39. The Labute approximate surface area is 195 Å². The summed E-state index contributed by atoms with van der Waals surface area (Å²) in [4.78, 5) is 26.5. The van der Waals surface area contributed by atoms with Crippen molar-refractivity contribution in [1.29, 1.82) is 0 Å². The minimum absolute atomic E-state index is 0.0271. The van der Waals surface area contributed by atoms with Crippen molar-refractivity contribution in [2.75, 3.05) is 5.32 Å². The number of anilines is 1. The van der Waals surface area contributed by atoms with Crippen LogP contribution in [0, 0.1) is 11.3 Å². The first-order chi connectivity index (χ1) is 13.9. The van der Waals surface area contributed by atoms with Crippen LogP contribution in [0.4, 0.5) is 10.5 Å². The molecular formula is C23H34Cl2N2O2S. The van der Waals surface area contributed by atoms with Gasteiger partial charge >= 0.3 is 0 Å². The summed E-state index contributed by atoms with van der Waals surface area (Å²) in [7, 11) is 0.